The third-order valence-corrected chi connectivity index (χ3v) is 2.62. The van der Waals surface area contributed by atoms with Gasteiger partial charge in [0.05, 0.1) is 0 Å². The number of hydrogen-bond acceptors (Lipinski definition) is 4. The van der Waals surface area contributed by atoms with Crippen molar-refractivity contribution in [3.8, 4) is 0 Å². The van der Waals surface area contributed by atoms with Crippen LogP contribution in [-0.2, 0) is 4.79 Å². The van der Waals surface area contributed by atoms with Gasteiger partial charge in [-0.15, -0.1) is 0 Å². The Labute approximate surface area is 56.4 Å². The van der Waals surface area contributed by atoms with Crippen molar-refractivity contribution in [1.29, 1.82) is 0 Å². The lowest BCUT2D eigenvalue weighted by molar-refractivity contribution is -0.138. The van der Waals surface area contributed by atoms with E-state index in [2.05, 4.69) is 17.4 Å². The summed E-state index contributed by atoms with van der Waals surface area (Å²) in [6.45, 7) is 0. The summed E-state index contributed by atoms with van der Waals surface area (Å²) in [6.07, 6.45) is 0. The monoisotopic (exact) mass is 151 g/mol. The minimum atomic E-state index is -0.836. The average molecular weight is 151 g/mol. The van der Waals surface area contributed by atoms with E-state index >= 15 is 0 Å². The van der Waals surface area contributed by atoms with Gasteiger partial charge in [-0.25, -0.2) is 9.52 Å². The van der Waals surface area contributed by atoms with Crippen molar-refractivity contribution in [2.24, 2.45) is 0 Å². The quantitative estimate of drug-likeness (QED) is 0.294. The summed E-state index contributed by atoms with van der Waals surface area (Å²) >= 11 is 5.04. The molecule has 1 fully saturated rings. The molecule has 0 aromatic heterocycles. The Kier molecular flexibility index (Phi) is 1.42. The van der Waals surface area contributed by atoms with E-state index in [0.29, 0.717) is 5.75 Å². The van der Waals surface area contributed by atoms with E-state index in [1.807, 2.05) is 0 Å². The second-order valence-corrected chi connectivity index (χ2v) is 2.92. The number of hydrogen-bond donors (Lipinski definition) is 3. The summed E-state index contributed by atoms with van der Waals surface area (Å²) in [7, 11) is 0. The Balaban J connectivity index is 2.53. The molecule has 0 unspecified atom stereocenters. The molecule has 1 saturated heterocycles. The highest BCUT2D eigenvalue weighted by Crippen LogP contribution is 2.37. The van der Waals surface area contributed by atoms with Crippen molar-refractivity contribution in [3.63, 3.8) is 0 Å². The lowest BCUT2D eigenvalue weighted by Gasteiger charge is -1.96. The van der Waals surface area contributed by atoms with Crippen LogP contribution in [0.3, 0.4) is 0 Å². The van der Waals surface area contributed by atoms with Crippen LogP contribution in [0.15, 0.2) is 0 Å². The van der Waals surface area contributed by atoms with Gasteiger partial charge in [0.1, 0.15) is 0 Å². The zero-order valence-corrected chi connectivity index (χ0v) is 5.63. The summed E-state index contributed by atoms with van der Waals surface area (Å²) in [4.78, 5) is 9.42. The number of rotatable bonds is 2. The third kappa shape index (κ3) is 0.808. The summed E-state index contributed by atoms with van der Waals surface area (Å²) in [5, 5.41) is 8.37. The van der Waals surface area contributed by atoms with Crippen LogP contribution < -0.4 is 4.72 Å². The van der Waals surface area contributed by atoms with Gasteiger partial charge in [0.25, 0.3) is 0 Å². The maximum Gasteiger partial charge on any atom is 0.337 e. The Bertz CT molecular complexity index is 122. The number of carbonyl (C=O) groups is 1. The van der Waals surface area contributed by atoms with Gasteiger partial charge in [0.2, 0.25) is 0 Å². The first-order valence-corrected chi connectivity index (χ1v) is 3.45. The van der Waals surface area contributed by atoms with Crippen LogP contribution in [0.1, 0.15) is 0 Å². The minimum Gasteiger partial charge on any atom is -0.479 e. The fourth-order valence-electron chi connectivity index (χ4n) is 0.281. The third-order valence-electron chi connectivity index (χ3n) is 0.917. The average Bonchev–Trinajstić information content (AvgIpc) is 2.44. The van der Waals surface area contributed by atoms with E-state index in [1.165, 1.54) is 11.9 Å². The number of nitrogens with one attached hydrogen (secondary N) is 1. The fourth-order valence-corrected chi connectivity index (χ4v) is 1.23. The largest absolute Gasteiger partial charge is 0.479 e. The first-order chi connectivity index (χ1) is 3.71. The van der Waals surface area contributed by atoms with Crippen LogP contribution in [0.5, 0.6) is 0 Å². The van der Waals surface area contributed by atoms with E-state index in [1.54, 1.807) is 0 Å². The molecule has 0 saturated carbocycles. The molecule has 0 spiro atoms. The molecule has 46 valence electrons. The van der Waals surface area contributed by atoms with Gasteiger partial charge >= 0.3 is 5.97 Å². The molecule has 3 nitrogen and oxygen atoms in total. The van der Waals surface area contributed by atoms with Gasteiger partial charge in [0.15, 0.2) is 4.87 Å². The number of thiol groups is 1. The molecule has 0 aromatic carbocycles. The van der Waals surface area contributed by atoms with Crippen molar-refractivity contribution in [2.45, 2.75) is 4.87 Å². The first kappa shape index (κ1) is 6.25. The molecule has 0 radical (unpaired) electrons. The topological polar surface area (TPSA) is 59.2 Å². The molecule has 1 atom stereocenters. The Morgan fingerprint density at radius 2 is 2.50 bits per heavy atom. The molecule has 0 aromatic rings. The highest BCUT2D eigenvalue weighted by Gasteiger charge is 2.50. The van der Waals surface area contributed by atoms with Gasteiger partial charge in [0, 0.05) is 5.75 Å². The summed E-state index contributed by atoms with van der Waals surface area (Å²) in [5.74, 6) is -0.495. The summed E-state index contributed by atoms with van der Waals surface area (Å²) in [5.41, 5.74) is 0. The van der Waals surface area contributed by atoms with Crippen LogP contribution in [-0.4, -0.2) is 21.7 Å². The molecule has 5 heteroatoms. The number of aliphatic carboxylic acids is 1. The molecular weight excluding hydrogens is 146 g/mol. The van der Waals surface area contributed by atoms with Crippen LogP contribution in [0.4, 0.5) is 0 Å². The predicted molar refractivity (Wildman–Crippen MR) is 34.9 cm³/mol. The maximum atomic E-state index is 10.2. The maximum absolute atomic E-state index is 10.2. The molecule has 0 aliphatic carbocycles. The van der Waals surface area contributed by atoms with Gasteiger partial charge < -0.3 is 5.11 Å². The summed E-state index contributed by atoms with van der Waals surface area (Å²) in [6, 6.07) is 0. The molecule has 8 heavy (non-hydrogen) atoms. The molecule has 1 aliphatic heterocycles. The van der Waals surface area contributed by atoms with Gasteiger partial charge in [-0.2, -0.15) is 12.6 Å². The normalized spacial score (nSPS) is 34.6. The molecule has 1 heterocycles. The second kappa shape index (κ2) is 1.82. The van der Waals surface area contributed by atoms with Crippen LogP contribution in [0, 0.1) is 0 Å². The van der Waals surface area contributed by atoms with Crippen LogP contribution in [0.2, 0.25) is 0 Å². The number of carboxylic acids is 1. The van der Waals surface area contributed by atoms with E-state index < -0.39 is 10.8 Å². The van der Waals surface area contributed by atoms with Crippen LogP contribution in [0.25, 0.3) is 0 Å². The van der Waals surface area contributed by atoms with Crippen molar-refractivity contribution in [2.75, 3.05) is 5.75 Å². The molecular formula is C3H5NO2S2. The fraction of sp³-hybridized carbons (Fsp3) is 0.667. The van der Waals surface area contributed by atoms with E-state index in [0.717, 1.165) is 0 Å². The van der Waals surface area contributed by atoms with E-state index in [-0.39, 0.29) is 0 Å². The number of carboxylic acid groups (broad SMARTS) is 1. The molecule has 0 amide bonds. The Morgan fingerprint density at radius 3 is 2.50 bits per heavy atom. The van der Waals surface area contributed by atoms with Gasteiger partial charge in [-0.1, -0.05) is 0 Å². The molecule has 0 bridgehead atoms. The first-order valence-electron chi connectivity index (χ1n) is 2.01. The smallest absolute Gasteiger partial charge is 0.337 e. The van der Waals surface area contributed by atoms with E-state index in [4.69, 9.17) is 5.11 Å². The Hall–Kier alpha value is 0.130. The van der Waals surface area contributed by atoms with Crippen molar-refractivity contribution in [1.82, 2.24) is 4.72 Å². The lowest BCUT2D eigenvalue weighted by atomic mass is 10.4. The highest BCUT2D eigenvalue weighted by atomic mass is 32.2. The van der Waals surface area contributed by atoms with Gasteiger partial charge in [-0.05, 0) is 11.9 Å². The van der Waals surface area contributed by atoms with Crippen molar-refractivity contribution >= 4 is 30.5 Å². The molecule has 1 aliphatic rings. The SMILES string of the molecule is O=C(O)[C@]1(CS)NS1. The predicted octanol–water partition coefficient (Wildman–Crippen LogP) is -0.0515. The zero-order valence-electron chi connectivity index (χ0n) is 3.92. The second-order valence-electron chi connectivity index (χ2n) is 1.49. The standard InChI is InChI=1S/C3H5NO2S2/c5-2(6)3(1-7)4-8-3/h4,7H,1H2,(H,5,6)/t3-/m1/s1. The van der Waals surface area contributed by atoms with Crippen LogP contribution >= 0.6 is 24.6 Å². The molecule has 2 N–H and O–H groups in total. The zero-order chi connectivity index (χ0) is 6.20. The van der Waals surface area contributed by atoms with Gasteiger partial charge in [-0.3, -0.25) is 0 Å². The van der Waals surface area contributed by atoms with Crippen molar-refractivity contribution in [3.05, 3.63) is 0 Å². The summed E-state index contributed by atoms with van der Waals surface area (Å²) < 4.78 is 2.64. The lowest BCUT2D eigenvalue weighted by Crippen LogP contribution is -2.27. The molecule has 1 rings (SSSR count). The van der Waals surface area contributed by atoms with E-state index in [9.17, 15) is 4.79 Å². The highest BCUT2D eigenvalue weighted by molar-refractivity contribution is 8.07. The van der Waals surface area contributed by atoms with Crippen molar-refractivity contribution < 1.29 is 9.90 Å². The minimum absolute atomic E-state index is 0.340. The Morgan fingerprint density at radius 1 is 2.00 bits per heavy atom.